The molecule has 0 heterocycles. The second kappa shape index (κ2) is 8.91. The second-order valence-corrected chi connectivity index (χ2v) is 7.30. The molecule has 0 bridgehead atoms. The van der Waals surface area contributed by atoms with Gasteiger partial charge in [0.05, 0.1) is 0 Å². The summed E-state index contributed by atoms with van der Waals surface area (Å²) in [6.07, 6.45) is -8.04. The maximum Gasteiger partial charge on any atom is 0.460 e. The zero-order valence-corrected chi connectivity index (χ0v) is 16.0. The van der Waals surface area contributed by atoms with E-state index in [1.54, 1.807) is 6.92 Å². The quantitative estimate of drug-likeness (QED) is 0.179. The third-order valence-corrected chi connectivity index (χ3v) is 5.08. The Hall–Kier alpha value is -0.913. The zero-order valence-electron chi connectivity index (χ0n) is 14.6. The predicted octanol–water partition coefficient (Wildman–Crippen LogP) is 4.84. The molecule has 0 fully saturated rings. The third kappa shape index (κ3) is 4.78. The van der Waals surface area contributed by atoms with Crippen molar-refractivity contribution in [3.63, 3.8) is 0 Å². The summed E-state index contributed by atoms with van der Waals surface area (Å²) in [5.41, 5.74) is 0. The number of rotatable bonds is 12. The highest BCUT2D eigenvalue weighted by molar-refractivity contribution is 6.26. The van der Waals surface area contributed by atoms with Gasteiger partial charge in [0, 0.05) is 13.2 Å². The van der Waals surface area contributed by atoms with Crippen LogP contribution in [0.4, 0.5) is 65.9 Å². The van der Waals surface area contributed by atoms with Gasteiger partial charge in [-0.25, -0.2) is 0 Å². The van der Waals surface area contributed by atoms with Gasteiger partial charge in [-0.05, 0) is 19.4 Å². The highest BCUT2D eigenvalue weighted by Gasteiger charge is 2.93. The summed E-state index contributed by atoms with van der Waals surface area (Å²) in [5.74, 6) is -40.0. The Morgan fingerprint density at radius 2 is 1.03 bits per heavy atom. The lowest BCUT2D eigenvalue weighted by Crippen LogP contribution is -2.74. The Balaban J connectivity index is 5.83. The van der Waals surface area contributed by atoms with Gasteiger partial charge < -0.3 is 4.43 Å². The fraction of sp³-hybridized carbons (Fsp3) is 1.00. The fourth-order valence-corrected chi connectivity index (χ4v) is 2.74. The van der Waals surface area contributed by atoms with Crippen molar-refractivity contribution in [2.24, 2.45) is 0 Å². The molecule has 30 heavy (non-hydrogen) atoms. The van der Waals surface area contributed by atoms with Crippen molar-refractivity contribution in [1.82, 2.24) is 5.32 Å². The molecule has 0 aliphatic rings. The van der Waals surface area contributed by atoms with Crippen LogP contribution < -0.4 is 5.32 Å². The van der Waals surface area contributed by atoms with Crippen LogP contribution in [0.3, 0.4) is 0 Å². The number of alkyl halides is 15. The standard InChI is InChI=1S/C12H14F15NOSi/c1-2-29-30-5-3-4-28-12(26,27)10(21,22)8(17,18)6(13,14)7(15,16)9(19,20)11(23,24)25/h28H,2-5,30H2,1H3. The van der Waals surface area contributed by atoms with Crippen molar-refractivity contribution in [3.8, 4) is 0 Å². The van der Waals surface area contributed by atoms with Crippen LogP contribution in [0.25, 0.3) is 0 Å². The van der Waals surface area contributed by atoms with Crippen LogP contribution in [0, 0.1) is 0 Å². The first-order valence-electron chi connectivity index (χ1n) is 7.72. The first-order chi connectivity index (χ1) is 13.1. The van der Waals surface area contributed by atoms with Crippen molar-refractivity contribution >= 4 is 9.76 Å². The number of nitrogens with one attached hydrogen (secondary N) is 1. The van der Waals surface area contributed by atoms with Crippen LogP contribution in [0.2, 0.25) is 6.04 Å². The van der Waals surface area contributed by atoms with Crippen LogP contribution in [-0.4, -0.2) is 64.8 Å². The summed E-state index contributed by atoms with van der Waals surface area (Å²) in [6, 6.07) is -6.39. The number of halogens is 15. The third-order valence-electron chi connectivity index (χ3n) is 3.59. The van der Waals surface area contributed by atoms with Crippen molar-refractivity contribution in [3.05, 3.63) is 0 Å². The van der Waals surface area contributed by atoms with Crippen molar-refractivity contribution in [1.29, 1.82) is 0 Å². The molecule has 0 aliphatic carbocycles. The van der Waals surface area contributed by atoms with E-state index in [4.69, 9.17) is 4.43 Å². The van der Waals surface area contributed by atoms with Gasteiger partial charge in [0.15, 0.2) is 9.76 Å². The molecule has 0 saturated heterocycles. The molecule has 2 nitrogen and oxygen atoms in total. The molecular formula is C12H14F15NOSi. The number of hydrogen-bond acceptors (Lipinski definition) is 2. The minimum absolute atomic E-state index is 0.00488. The first-order valence-corrected chi connectivity index (χ1v) is 9.30. The first kappa shape index (κ1) is 29.1. The Morgan fingerprint density at radius 1 is 0.633 bits per heavy atom. The maximum atomic E-state index is 13.4. The smallest absolute Gasteiger partial charge is 0.424 e. The Kier molecular flexibility index (Phi) is 8.64. The molecule has 0 aromatic heterocycles. The van der Waals surface area contributed by atoms with E-state index in [-0.39, 0.29) is 12.7 Å². The largest absolute Gasteiger partial charge is 0.460 e. The van der Waals surface area contributed by atoms with Gasteiger partial charge in [-0.3, -0.25) is 5.32 Å². The van der Waals surface area contributed by atoms with Crippen molar-refractivity contribution < 1.29 is 70.3 Å². The van der Waals surface area contributed by atoms with E-state index >= 15 is 0 Å². The van der Waals surface area contributed by atoms with Crippen molar-refractivity contribution in [2.75, 3.05) is 13.2 Å². The van der Waals surface area contributed by atoms with E-state index in [2.05, 4.69) is 0 Å². The lowest BCUT2D eigenvalue weighted by atomic mass is 9.93. The maximum absolute atomic E-state index is 13.4. The second-order valence-electron chi connectivity index (χ2n) is 5.77. The van der Waals surface area contributed by atoms with E-state index < -0.39 is 64.6 Å². The summed E-state index contributed by atoms with van der Waals surface area (Å²) in [7, 11) is -1.31. The Bertz CT molecular complexity index is 562. The summed E-state index contributed by atoms with van der Waals surface area (Å²) in [5, 5.41) is 0.390. The van der Waals surface area contributed by atoms with Crippen LogP contribution in [0.5, 0.6) is 0 Å². The van der Waals surface area contributed by atoms with Gasteiger partial charge in [0.2, 0.25) is 0 Å². The zero-order chi connectivity index (χ0) is 24.4. The molecule has 18 heteroatoms. The van der Waals surface area contributed by atoms with Gasteiger partial charge in [-0.1, -0.05) is 0 Å². The van der Waals surface area contributed by atoms with Crippen LogP contribution in [0.1, 0.15) is 13.3 Å². The van der Waals surface area contributed by atoms with Crippen LogP contribution >= 0.6 is 0 Å². The van der Waals surface area contributed by atoms with E-state index in [9.17, 15) is 65.9 Å². The normalized spacial score (nSPS) is 16.0. The van der Waals surface area contributed by atoms with Gasteiger partial charge in [0.25, 0.3) is 0 Å². The molecule has 0 radical (unpaired) electrons. The molecule has 0 aromatic rings. The lowest BCUT2D eigenvalue weighted by Gasteiger charge is -2.41. The highest BCUT2D eigenvalue weighted by Crippen LogP contribution is 2.61. The summed E-state index contributed by atoms with van der Waals surface area (Å²) in [6.45, 7) is 0.506. The predicted molar refractivity (Wildman–Crippen MR) is 73.3 cm³/mol. The molecule has 0 saturated carbocycles. The Labute approximate surface area is 161 Å². The molecule has 1 N–H and O–H groups in total. The molecule has 0 rings (SSSR count). The van der Waals surface area contributed by atoms with Crippen LogP contribution in [-0.2, 0) is 4.43 Å². The average molecular weight is 501 g/mol. The molecule has 182 valence electrons. The van der Waals surface area contributed by atoms with Gasteiger partial charge in [-0.2, -0.15) is 65.9 Å². The Morgan fingerprint density at radius 3 is 1.43 bits per heavy atom. The monoisotopic (exact) mass is 501 g/mol. The molecule has 0 unspecified atom stereocenters. The summed E-state index contributed by atoms with van der Waals surface area (Å²) >= 11 is 0. The minimum atomic E-state index is -8.25. The molecule has 0 aromatic carbocycles. The summed E-state index contributed by atoms with van der Waals surface area (Å²) < 4.78 is 199. The van der Waals surface area contributed by atoms with E-state index in [0.29, 0.717) is 5.32 Å². The average Bonchev–Trinajstić information content (AvgIpc) is 2.56. The molecule has 0 amide bonds. The van der Waals surface area contributed by atoms with Gasteiger partial charge in [-0.15, -0.1) is 0 Å². The highest BCUT2D eigenvalue weighted by atomic mass is 28.2. The minimum Gasteiger partial charge on any atom is -0.424 e. The summed E-state index contributed by atoms with van der Waals surface area (Å²) in [4.78, 5) is 0. The molecular weight excluding hydrogens is 487 g/mol. The fourth-order valence-electron chi connectivity index (χ4n) is 1.80. The molecule has 0 atom stereocenters. The SMILES string of the molecule is CCO[SiH2]CCCNC(F)(F)C(F)(F)C(F)(F)C(F)(F)C(F)(F)C(F)(F)C(F)(F)F. The van der Waals surface area contributed by atoms with Crippen LogP contribution in [0.15, 0.2) is 0 Å². The van der Waals surface area contributed by atoms with Crippen molar-refractivity contribution in [2.45, 2.75) is 61.2 Å². The van der Waals surface area contributed by atoms with Gasteiger partial charge in [0.1, 0.15) is 0 Å². The van der Waals surface area contributed by atoms with E-state index in [1.165, 1.54) is 0 Å². The molecule has 0 aliphatic heterocycles. The topological polar surface area (TPSA) is 21.3 Å². The number of hydrogen-bond donors (Lipinski definition) is 1. The molecule has 0 spiro atoms. The van der Waals surface area contributed by atoms with Gasteiger partial charge >= 0.3 is 41.8 Å². The van der Waals surface area contributed by atoms with E-state index in [0.717, 1.165) is 0 Å². The lowest BCUT2D eigenvalue weighted by molar-refractivity contribution is -0.454. The van der Waals surface area contributed by atoms with E-state index in [1.807, 2.05) is 0 Å².